The van der Waals surface area contributed by atoms with Crippen molar-refractivity contribution >= 4 is 13.5 Å². The van der Waals surface area contributed by atoms with Crippen LogP contribution in [0.3, 0.4) is 0 Å². The summed E-state index contributed by atoms with van der Waals surface area (Å²) in [7, 11) is -3.42. The van der Waals surface area contributed by atoms with E-state index in [1.165, 1.54) is 0 Å². The van der Waals surface area contributed by atoms with Gasteiger partial charge in [-0.15, -0.1) is 0 Å². The number of allylic oxidation sites excluding steroid dienone is 1. The van der Waals surface area contributed by atoms with E-state index in [1.807, 2.05) is 45.0 Å². The number of hydrogen-bond acceptors (Lipinski definition) is 7. The SMILES string of the molecule is C/C(=C\CCP(=O)(N[C@@H](C)C(=O)OC1C[C@@H](C)O[C@@H](C)C1)Oc1ccccc1)COC1CCCCO1. The van der Waals surface area contributed by atoms with Crippen LogP contribution in [0.1, 0.15) is 66.2 Å². The maximum absolute atomic E-state index is 13.8. The highest BCUT2D eigenvalue weighted by Crippen LogP contribution is 2.44. The molecular formula is C27H42NO7P. The van der Waals surface area contributed by atoms with Crippen LogP contribution in [0.25, 0.3) is 0 Å². The number of carbonyl (C=O) groups excluding carboxylic acids is 1. The zero-order valence-corrected chi connectivity index (χ0v) is 22.9. The molecule has 6 atom stereocenters. The Kier molecular flexibility index (Phi) is 11.5. The largest absolute Gasteiger partial charge is 0.461 e. The molecule has 0 aromatic heterocycles. The van der Waals surface area contributed by atoms with Gasteiger partial charge in [-0.2, -0.15) is 0 Å². The maximum atomic E-state index is 13.8. The minimum Gasteiger partial charge on any atom is -0.461 e. The lowest BCUT2D eigenvalue weighted by Crippen LogP contribution is -2.41. The van der Waals surface area contributed by atoms with E-state index in [1.54, 1.807) is 19.1 Å². The molecule has 2 saturated heterocycles. The number of nitrogens with one attached hydrogen (secondary N) is 1. The van der Waals surface area contributed by atoms with Crippen molar-refractivity contribution in [2.75, 3.05) is 19.4 Å². The molecule has 1 aromatic carbocycles. The number of ether oxygens (including phenoxy) is 4. The number of benzene rings is 1. The number of esters is 1. The van der Waals surface area contributed by atoms with Crippen molar-refractivity contribution in [3.63, 3.8) is 0 Å². The molecular weight excluding hydrogens is 481 g/mol. The van der Waals surface area contributed by atoms with Gasteiger partial charge in [0.15, 0.2) is 6.29 Å². The number of para-hydroxylation sites is 1. The van der Waals surface area contributed by atoms with Gasteiger partial charge in [0, 0.05) is 19.4 Å². The Bertz CT molecular complexity index is 877. The first-order chi connectivity index (χ1) is 17.2. The van der Waals surface area contributed by atoms with Crippen LogP contribution >= 0.6 is 7.52 Å². The molecule has 8 nitrogen and oxygen atoms in total. The van der Waals surface area contributed by atoms with Gasteiger partial charge in [-0.05, 0) is 65.5 Å². The Labute approximate surface area is 215 Å². The van der Waals surface area contributed by atoms with E-state index in [0.717, 1.165) is 31.4 Å². The predicted molar refractivity (Wildman–Crippen MR) is 139 cm³/mol. The summed E-state index contributed by atoms with van der Waals surface area (Å²) in [5, 5.41) is 2.96. The average molecular weight is 524 g/mol. The number of rotatable bonds is 12. The zero-order valence-electron chi connectivity index (χ0n) is 22.0. The summed E-state index contributed by atoms with van der Waals surface area (Å²) in [6, 6.07) is 8.22. The molecule has 0 bridgehead atoms. The Balaban J connectivity index is 1.57. The second kappa shape index (κ2) is 14.3. The molecule has 0 radical (unpaired) electrons. The third kappa shape index (κ3) is 9.98. The zero-order chi connectivity index (χ0) is 26.0. The van der Waals surface area contributed by atoms with Crippen LogP contribution in [-0.4, -0.2) is 56.0 Å². The van der Waals surface area contributed by atoms with Gasteiger partial charge in [-0.25, -0.2) is 5.09 Å². The summed E-state index contributed by atoms with van der Waals surface area (Å²) in [5.74, 6) is 0.0465. The normalized spacial score (nSPS) is 27.6. The second-order valence-electron chi connectivity index (χ2n) is 9.89. The molecule has 9 heteroatoms. The molecule has 0 aliphatic carbocycles. The van der Waals surface area contributed by atoms with Crippen LogP contribution in [0.15, 0.2) is 42.0 Å². The molecule has 3 unspecified atom stereocenters. The Morgan fingerprint density at radius 1 is 1.19 bits per heavy atom. The van der Waals surface area contributed by atoms with E-state index >= 15 is 0 Å². The highest BCUT2D eigenvalue weighted by molar-refractivity contribution is 7.57. The molecule has 2 heterocycles. The van der Waals surface area contributed by atoms with Crippen molar-refractivity contribution in [1.29, 1.82) is 0 Å². The fourth-order valence-corrected chi connectivity index (χ4v) is 6.35. The Morgan fingerprint density at radius 2 is 1.92 bits per heavy atom. The molecule has 1 N–H and O–H groups in total. The van der Waals surface area contributed by atoms with E-state index in [-0.39, 0.29) is 30.8 Å². The molecule has 3 rings (SSSR count). The van der Waals surface area contributed by atoms with Gasteiger partial charge in [-0.3, -0.25) is 9.36 Å². The number of carbonyl (C=O) groups is 1. The molecule has 0 saturated carbocycles. The molecule has 1 aromatic rings. The Morgan fingerprint density at radius 3 is 2.58 bits per heavy atom. The van der Waals surface area contributed by atoms with E-state index in [9.17, 15) is 9.36 Å². The minimum atomic E-state index is -3.42. The third-order valence-corrected chi connectivity index (χ3v) is 8.36. The fourth-order valence-electron chi connectivity index (χ4n) is 4.45. The highest BCUT2D eigenvalue weighted by Gasteiger charge is 2.33. The van der Waals surface area contributed by atoms with Gasteiger partial charge in [0.1, 0.15) is 17.9 Å². The summed E-state index contributed by atoms with van der Waals surface area (Å²) >= 11 is 0. The van der Waals surface area contributed by atoms with Crippen molar-refractivity contribution in [1.82, 2.24) is 5.09 Å². The van der Waals surface area contributed by atoms with Gasteiger partial charge >= 0.3 is 13.5 Å². The highest BCUT2D eigenvalue weighted by atomic mass is 31.2. The standard InChI is InChI=1S/C27H42NO7P/c1-20(19-32-26-14-8-9-15-31-26)11-10-16-36(30,35-24-12-6-5-7-13-24)28-23(4)27(29)34-25-17-21(2)33-22(3)18-25/h5-7,11-13,21-23,25-26H,8-10,14-19H2,1-4H3,(H,28,30)/b20-11+/t21-,22+,23-,25?,26?,36?/m0/s1. The minimum absolute atomic E-state index is 0.0333. The van der Waals surface area contributed by atoms with Crippen LogP contribution in [0.2, 0.25) is 0 Å². The van der Waals surface area contributed by atoms with Crippen LogP contribution in [0.4, 0.5) is 0 Å². The molecule has 36 heavy (non-hydrogen) atoms. The second-order valence-corrected chi connectivity index (χ2v) is 12.1. The van der Waals surface area contributed by atoms with Crippen LogP contribution in [0, 0.1) is 0 Å². The van der Waals surface area contributed by atoms with Crippen molar-refractivity contribution < 1.29 is 32.8 Å². The topological polar surface area (TPSA) is 92.3 Å². The summed E-state index contributed by atoms with van der Waals surface area (Å²) in [4.78, 5) is 12.8. The lowest BCUT2D eigenvalue weighted by Gasteiger charge is -2.32. The van der Waals surface area contributed by atoms with Crippen molar-refractivity contribution in [2.24, 2.45) is 0 Å². The molecule has 2 fully saturated rings. The number of hydrogen-bond donors (Lipinski definition) is 1. The van der Waals surface area contributed by atoms with E-state index in [0.29, 0.717) is 31.6 Å². The Hall–Kier alpha value is -1.70. The molecule has 2 aliphatic heterocycles. The lowest BCUT2D eigenvalue weighted by atomic mass is 10.0. The van der Waals surface area contributed by atoms with Crippen molar-refractivity contribution in [3.05, 3.63) is 42.0 Å². The quantitative estimate of drug-likeness (QED) is 0.215. The van der Waals surface area contributed by atoms with Crippen molar-refractivity contribution in [3.8, 4) is 5.75 Å². The fraction of sp³-hybridized carbons (Fsp3) is 0.667. The summed E-state index contributed by atoms with van der Waals surface area (Å²) < 4.78 is 42.7. The van der Waals surface area contributed by atoms with Crippen LogP contribution in [-0.2, 0) is 28.3 Å². The smallest absolute Gasteiger partial charge is 0.323 e. The van der Waals surface area contributed by atoms with Gasteiger partial charge in [0.25, 0.3) is 0 Å². The maximum Gasteiger partial charge on any atom is 0.323 e. The third-order valence-electron chi connectivity index (χ3n) is 6.23. The van der Waals surface area contributed by atoms with Crippen molar-refractivity contribution in [2.45, 2.75) is 96.9 Å². The van der Waals surface area contributed by atoms with Gasteiger partial charge in [-0.1, -0.05) is 29.8 Å². The first kappa shape index (κ1) is 28.9. The molecule has 0 amide bonds. The predicted octanol–water partition coefficient (Wildman–Crippen LogP) is 5.62. The molecule has 2 aliphatic rings. The van der Waals surface area contributed by atoms with Gasteiger partial charge < -0.3 is 23.5 Å². The summed E-state index contributed by atoms with van der Waals surface area (Å²) in [6.45, 7) is 8.80. The first-order valence-corrected chi connectivity index (χ1v) is 14.9. The average Bonchev–Trinajstić information content (AvgIpc) is 2.83. The lowest BCUT2D eigenvalue weighted by molar-refractivity contribution is -0.161. The van der Waals surface area contributed by atoms with Gasteiger partial charge in [0.2, 0.25) is 0 Å². The van der Waals surface area contributed by atoms with E-state index < -0.39 is 19.5 Å². The van der Waals surface area contributed by atoms with E-state index in [4.69, 9.17) is 23.5 Å². The van der Waals surface area contributed by atoms with E-state index in [2.05, 4.69) is 5.09 Å². The molecule has 0 spiro atoms. The molecule has 202 valence electrons. The van der Waals surface area contributed by atoms with Gasteiger partial charge in [0.05, 0.1) is 25.0 Å². The summed E-state index contributed by atoms with van der Waals surface area (Å²) in [5.41, 5.74) is 1.03. The van der Waals surface area contributed by atoms with Crippen LogP contribution < -0.4 is 9.61 Å². The first-order valence-electron chi connectivity index (χ1n) is 13.1. The van der Waals surface area contributed by atoms with Crippen LogP contribution in [0.5, 0.6) is 5.75 Å². The summed E-state index contributed by atoms with van der Waals surface area (Å²) in [6.07, 6.45) is 6.85. The monoisotopic (exact) mass is 523 g/mol.